The van der Waals surface area contributed by atoms with Crippen LogP contribution in [0.4, 0.5) is 0 Å². The van der Waals surface area contributed by atoms with Gasteiger partial charge in [-0.25, -0.2) is 5.43 Å². The molecule has 8 nitrogen and oxygen atoms in total. The molecular weight excluding hydrogens is 522 g/mol. The Hall–Kier alpha value is -5.15. The summed E-state index contributed by atoms with van der Waals surface area (Å²) in [5.74, 6) is 0.617. The monoisotopic (exact) mass is 545 g/mol. The summed E-state index contributed by atoms with van der Waals surface area (Å²) in [4.78, 5) is 12.2. The Morgan fingerprint density at radius 1 is 0.900 bits per heavy atom. The zero-order valence-electron chi connectivity index (χ0n) is 21.1. The lowest BCUT2D eigenvalue weighted by atomic mass is 10.0. The van der Waals surface area contributed by atoms with Crippen LogP contribution in [0.2, 0.25) is 0 Å². The predicted molar refractivity (Wildman–Crippen MR) is 154 cm³/mol. The number of carbonyl (C=O) groups is 1. The van der Waals surface area contributed by atoms with Gasteiger partial charge in [0.25, 0.3) is 5.91 Å². The number of hydrogen-bond acceptors (Lipinski definition) is 7. The summed E-state index contributed by atoms with van der Waals surface area (Å²) in [5, 5.41) is 26.5. The Kier molecular flexibility index (Phi) is 7.11. The van der Waals surface area contributed by atoms with Crippen LogP contribution in [0.3, 0.4) is 0 Å². The van der Waals surface area contributed by atoms with Crippen LogP contribution in [0.1, 0.15) is 27.5 Å². The Labute approximate surface area is 234 Å². The van der Waals surface area contributed by atoms with Crippen LogP contribution in [0.15, 0.2) is 129 Å². The van der Waals surface area contributed by atoms with Gasteiger partial charge in [0.1, 0.15) is 17.3 Å². The first kappa shape index (κ1) is 25.1. The first-order valence-electron chi connectivity index (χ1n) is 12.5. The van der Waals surface area contributed by atoms with Crippen molar-refractivity contribution in [3.63, 3.8) is 0 Å². The molecule has 0 saturated carbocycles. The molecule has 196 valence electrons. The van der Waals surface area contributed by atoms with Gasteiger partial charge >= 0.3 is 0 Å². The molecule has 2 N–H and O–H groups in total. The Morgan fingerprint density at radius 3 is 2.55 bits per heavy atom. The van der Waals surface area contributed by atoms with E-state index in [2.05, 4.69) is 51.1 Å². The van der Waals surface area contributed by atoms with Gasteiger partial charge in [-0.15, -0.1) is 10.2 Å². The number of nitrogens with zero attached hydrogens (tertiary/aromatic N) is 4. The Bertz CT molecular complexity index is 1820. The molecular formula is C31H23N5O3S. The average Bonchev–Trinajstić information content (AvgIpc) is 3.60. The third kappa shape index (κ3) is 5.36. The maximum Gasteiger partial charge on any atom is 0.275 e. The van der Waals surface area contributed by atoms with E-state index in [4.69, 9.17) is 4.42 Å². The number of hydrazone groups is 1. The molecule has 1 amide bonds. The van der Waals surface area contributed by atoms with Crippen LogP contribution >= 0.6 is 11.8 Å². The van der Waals surface area contributed by atoms with E-state index in [0.717, 1.165) is 11.5 Å². The molecule has 2 heterocycles. The van der Waals surface area contributed by atoms with Gasteiger partial charge < -0.3 is 9.52 Å². The van der Waals surface area contributed by atoms with E-state index in [9.17, 15) is 9.90 Å². The lowest BCUT2D eigenvalue weighted by molar-refractivity contribution is 0.0952. The Morgan fingerprint density at radius 2 is 1.68 bits per heavy atom. The van der Waals surface area contributed by atoms with Crippen LogP contribution in [-0.2, 0) is 6.42 Å². The molecule has 0 aliphatic rings. The molecule has 0 atom stereocenters. The molecule has 0 spiro atoms. The molecule has 0 fully saturated rings. The summed E-state index contributed by atoms with van der Waals surface area (Å²) in [5.41, 5.74) is 4.65. The van der Waals surface area contributed by atoms with E-state index in [0.29, 0.717) is 22.4 Å². The molecule has 0 bridgehead atoms. The van der Waals surface area contributed by atoms with E-state index in [1.54, 1.807) is 18.2 Å². The van der Waals surface area contributed by atoms with Gasteiger partial charge in [-0.05, 0) is 64.5 Å². The van der Waals surface area contributed by atoms with Gasteiger partial charge in [0, 0.05) is 12.1 Å². The first-order valence-corrected chi connectivity index (χ1v) is 13.3. The number of aromatic nitrogens is 3. The van der Waals surface area contributed by atoms with Gasteiger partial charge in [0.05, 0.1) is 11.8 Å². The summed E-state index contributed by atoms with van der Waals surface area (Å²) in [7, 11) is 0. The second kappa shape index (κ2) is 11.3. The second-order valence-corrected chi connectivity index (χ2v) is 9.83. The van der Waals surface area contributed by atoms with Crippen molar-refractivity contribution in [1.29, 1.82) is 0 Å². The predicted octanol–water partition coefficient (Wildman–Crippen LogP) is 6.23. The molecule has 0 aliphatic heterocycles. The van der Waals surface area contributed by atoms with Crippen LogP contribution in [0, 0.1) is 0 Å². The molecule has 6 aromatic rings. The highest BCUT2D eigenvalue weighted by molar-refractivity contribution is 7.99. The van der Waals surface area contributed by atoms with Crippen molar-refractivity contribution in [3.05, 3.63) is 132 Å². The number of aromatic hydroxyl groups is 1. The van der Waals surface area contributed by atoms with Crippen LogP contribution in [0.5, 0.6) is 5.75 Å². The molecule has 0 radical (unpaired) electrons. The van der Waals surface area contributed by atoms with Crippen molar-refractivity contribution < 1.29 is 14.3 Å². The smallest absolute Gasteiger partial charge is 0.275 e. The number of rotatable bonds is 8. The molecule has 2 aromatic heterocycles. The lowest BCUT2D eigenvalue weighted by Gasteiger charge is -2.11. The van der Waals surface area contributed by atoms with Gasteiger partial charge in [0.2, 0.25) is 5.16 Å². The summed E-state index contributed by atoms with van der Waals surface area (Å²) in [6.45, 7) is 0. The molecule has 0 aliphatic carbocycles. The topological polar surface area (TPSA) is 106 Å². The van der Waals surface area contributed by atoms with Gasteiger partial charge in [-0.1, -0.05) is 72.8 Å². The van der Waals surface area contributed by atoms with Crippen molar-refractivity contribution in [2.24, 2.45) is 5.10 Å². The zero-order chi connectivity index (χ0) is 27.3. The van der Waals surface area contributed by atoms with E-state index in [-0.39, 0.29) is 11.3 Å². The summed E-state index contributed by atoms with van der Waals surface area (Å²) in [6.07, 6.45) is 2.01. The summed E-state index contributed by atoms with van der Waals surface area (Å²) in [6, 6.07) is 34.4. The molecule has 0 unspecified atom stereocenters. The normalized spacial score (nSPS) is 11.3. The fraction of sp³-hybridized carbons (Fsp3) is 0.0323. The fourth-order valence-electron chi connectivity index (χ4n) is 4.36. The zero-order valence-corrected chi connectivity index (χ0v) is 22.0. The fourth-order valence-corrected chi connectivity index (χ4v) is 5.20. The van der Waals surface area contributed by atoms with E-state index in [1.165, 1.54) is 46.4 Å². The molecule has 6 rings (SSSR count). The Balaban J connectivity index is 1.23. The van der Waals surface area contributed by atoms with Gasteiger partial charge in [-0.2, -0.15) is 5.10 Å². The minimum absolute atomic E-state index is 0.116. The van der Waals surface area contributed by atoms with Crippen LogP contribution in [0.25, 0.3) is 16.5 Å². The van der Waals surface area contributed by atoms with Crippen molar-refractivity contribution in [2.45, 2.75) is 16.7 Å². The number of nitrogens with one attached hydrogen (secondary N) is 1. The van der Waals surface area contributed by atoms with E-state index in [1.807, 2.05) is 53.1 Å². The van der Waals surface area contributed by atoms with Gasteiger partial charge in [0.15, 0.2) is 5.09 Å². The molecule has 40 heavy (non-hydrogen) atoms. The van der Waals surface area contributed by atoms with Crippen LogP contribution < -0.4 is 5.43 Å². The summed E-state index contributed by atoms with van der Waals surface area (Å²) >= 11 is 1.34. The maximum atomic E-state index is 12.2. The minimum Gasteiger partial charge on any atom is -0.507 e. The lowest BCUT2D eigenvalue weighted by Crippen LogP contribution is -2.17. The number of para-hydroxylation sites is 2. The summed E-state index contributed by atoms with van der Waals surface area (Å²) < 4.78 is 7.94. The number of furan rings is 1. The number of carbonyl (C=O) groups excluding carboxylic acids is 1. The number of fused-ring (bicyclic) bond motifs is 1. The standard InChI is InChI=1S/C31H23N5O3S/c37-27-16-7-6-15-26(27)30(38)34-32-20-24-17-18-29(39-24)40-31-35-33-28(36(31)23-12-2-1-3-13-23)19-22-11-8-10-21-9-4-5-14-25(21)22/h1-18,20,37H,19H2,(H,34,38)/b32-20-. The van der Waals surface area contributed by atoms with Crippen molar-refractivity contribution in [1.82, 2.24) is 20.2 Å². The third-order valence-corrected chi connectivity index (χ3v) is 7.11. The van der Waals surface area contributed by atoms with E-state index >= 15 is 0 Å². The number of amides is 1. The number of benzene rings is 4. The highest BCUT2D eigenvalue weighted by atomic mass is 32.2. The maximum absolute atomic E-state index is 12.2. The highest BCUT2D eigenvalue weighted by Gasteiger charge is 2.18. The quantitative estimate of drug-likeness (QED) is 0.174. The molecule has 4 aromatic carbocycles. The molecule has 9 heteroatoms. The van der Waals surface area contributed by atoms with Crippen molar-refractivity contribution >= 4 is 34.7 Å². The number of hydrogen-bond donors (Lipinski definition) is 2. The SMILES string of the molecule is O=C(N/N=C\c1ccc(Sc2nnc(Cc3cccc4ccccc34)n2-c2ccccc2)o1)c1ccccc1O. The highest BCUT2D eigenvalue weighted by Crippen LogP contribution is 2.31. The average molecular weight is 546 g/mol. The van der Waals surface area contributed by atoms with Crippen LogP contribution in [-0.4, -0.2) is 32.0 Å². The van der Waals surface area contributed by atoms with Crippen molar-refractivity contribution in [2.75, 3.05) is 0 Å². The number of phenols is 1. The third-order valence-electron chi connectivity index (χ3n) is 6.24. The minimum atomic E-state index is -0.523. The van der Waals surface area contributed by atoms with Gasteiger partial charge in [-0.3, -0.25) is 9.36 Å². The van der Waals surface area contributed by atoms with Crippen molar-refractivity contribution in [3.8, 4) is 11.4 Å². The molecule has 0 saturated heterocycles. The number of phenolic OH excluding ortho intramolecular Hbond substituents is 1. The largest absolute Gasteiger partial charge is 0.507 e. The second-order valence-electron chi connectivity index (χ2n) is 8.86. The first-order chi connectivity index (χ1) is 19.7. The van der Waals surface area contributed by atoms with E-state index < -0.39 is 5.91 Å².